The van der Waals surface area contributed by atoms with Crippen molar-refractivity contribution in [3.8, 4) is 5.69 Å². The summed E-state index contributed by atoms with van der Waals surface area (Å²) in [7, 11) is 0. The zero-order valence-corrected chi connectivity index (χ0v) is 12.4. The molecule has 118 valence electrons. The zero-order valence-electron chi connectivity index (χ0n) is 12.4. The molecule has 1 aliphatic carbocycles. The Bertz CT molecular complexity index is 689. The molecule has 0 saturated heterocycles. The SMILES string of the molecule is CC1(C)Cc2c(c(C(F)(F)F)nn2-c2ccccc2)C(O)C1. The summed E-state index contributed by atoms with van der Waals surface area (Å²) >= 11 is 0. The standard InChI is InChI=1S/C16H17F3N2O/c1-15(2)8-11-13(12(22)9-15)14(16(17,18)19)20-21(11)10-6-4-3-5-7-10/h3-7,12,22H,8-9H2,1-2H3. The van der Waals surface area contributed by atoms with Gasteiger partial charge in [-0.1, -0.05) is 32.0 Å². The summed E-state index contributed by atoms with van der Waals surface area (Å²) in [5.74, 6) is 0. The molecule has 1 aromatic heterocycles. The number of hydrogen-bond donors (Lipinski definition) is 1. The molecule has 0 aliphatic heterocycles. The van der Waals surface area contributed by atoms with Gasteiger partial charge in [-0.15, -0.1) is 0 Å². The Hall–Kier alpha value is -1.82. The van der Waals surface area contributed by atoms with Crippen LogP contribution in [0, 0.1) is 5.41 Å². The minimum atomic E-state index is -4.58. The molecular weight excluding hydrogens is 293 g/mol. The first-order chi connectivity index (χ1) is 10.2. The monoisotopic (exact) mass is 310 g/mol. The number of fused-ring (bicyclic) bond motifs is 1. The van der Waals surface area contributed by atoms with Crippen LogP contribution in [0.25, 0.3) is 5.69 Å². The van der Waals surface area contributed by atoms with Crippen molar-refractivity contribution >= 4 is 0 Å². The van der Waals surface area contributed by atoms with E-state index < -0.39 is 18.0 Å². The normalized spacial score (nSPS) is 20.7. The lowest BCUT2D eigenvalue weighted by Gasteiger charge is -2.33. The number of para-hydroxylation sites is 1. The molecule has 2 aromatic rings. The Morgan fingerprint density at radius 2 is 1.86 bits per heavy atom. The van der Waals surface area contributed by atoms with Gasteiger partial charge in [0, 0.05) is 5.56 Å². The average Bonchev–Trinajstić information content (AvgIpc) is 2.77. The van der Waals surface area contributed by atoms with Crippen molar-refractivity contribution in [2.75, 3.05) is 0 Å². The summed E-state index contributed by atoms with van der Waals surface area (Å²) in [6.07, 6.45) is -4.99. The molecule has 0 amide bonds. The van der Waals surface area contributed by atoms with Gasteiger partial charge in [-0.05, 0) is 30.4 Å². The van der Waals surface area contributed by atoms with Crippen LogP contribution in [0.3, 0.4) is 0 Å². The molecule has 0 spiro atoms. The van der Waals surface area contributed by atoms with E-state index in [1.54, 1.807) is 30.3 Å². The van der Waals surface area contributed by atoms with Crippen LogP contribution in [0.2, 0.25) is 0 Å². The van der Waals surface area contributed by atoms with E-state index in [1.807, 2.05) is 13.8 Å². The molecule has 0 saturated carbocycles. The topological polar surface area (TPSA) is 38.0 Å². The number of aliphatic hydroxyl groups excluding tert-OH is 1. The largest absolute Gasteiger partial charge is 0.435 e. The summed E-state index contributed by atoms with van der Waals surface area (Å²) in [6.45, 7) is 3.88. The Labute approximate surface area is 126 Å². The number of benzene rings is 1. The van der Waals surface area contributed by atoms with Crippen LogP contribution in [0.15, 0.2) is 30.3 Å². The average molecular weight is 310 g/mol. The number of hydrogen-bond acceptors (Lipinski definition) is 2. The molecule has 1 heterocycles. The van der Waals surface area contributed by atoms with E-state index in [0.29, 0.717) is 24.2 Å². The van der Waals surface area contributed by atoms with Crippen molar-refractivity contribution in [1.29, 1.82) is 0 Å². The summed E-state index contributed by atoms with van der Waals surface area (Å²) in [5, 5.41) is 14.0. The minimum absolute atomic E-state index is 0.0734. The maximum atomic E-state index is 13.3. The van der Waals surface area contributed by atoms with Crippen LogP contribution >= 0.6 is 0 Å². The lowest BCUT2D eigenvalue weighted by Crippen LogP contribution is -2.27. The Balaban J connectivity index is 2.25. The van der Waals surface area contributed by atoms with Crippen molar-refractivity contribution in [2.45, 2.75) is 39.0 Å². The van der Waals surface area contributed by atoms with Gasteiger partial charge in [0.1, 0.15) is 0 Å². The molecule has 1 atom stereocenters. The number of alkyl halides is 3. The second-order valence-corrected chi connectivity index (χ2v) is 6.51. The van der Waals surface area contributed by atoms with Crippen LogP contribution in [-0.4, -0.2) is 14.9 Å². The molecule has 3 rings (SSSR count). The van der Waals surface area contributed by atoms with E-state index in [0.717, 1.165) is 0 Å². The predicted octanol–water partition coefficient (Wildman–Crippen LogP) is 3.90. The first-order valence-corrected chi connectivity index (χ1v) is 7.11. The van der Waals surface area contributed by atoms with Gasteiger partial charge in [-0.3, -0.25) is 0 Å². The van der Waals surface area contributed by atoms with Crippen molar-refractivity contribution < 1.29 is 18.3 Å². The fraction of sp³-hybridized carbons (Fsp3) is 0.438. The number of halogens is 3. The van der Waals surface area contributed by atoms with Gasteiger partial charge in [0.05, 0.1) is 17.5 Å². The first kappa shape index (κ1) is 15.1. The van der Waals surface area contributed by atoms with Crippen molar-refractivity contribution in [1.82, 2.24) is 9.78 Å². The second kappa shape index (κ2) is 4.84. The molecule has 3 nitrogen and oxygen atoms in total. The molecule has 1 N–H and O–H groups in total. The van der Waals surface area contributed by atoms with Crippen LogP contribution < -0.4 is 0 Å². The van der Waals surface area contributed by atoms with Gasteiger partial charge in [-0.2, -0.15) is 18.3 Å². The molecule has 6 heteroatoms. The highest BCUT2D eigenvalue weighted by Crippen LogP contribution is 2.46. The number of aromatic nitrogens is 2. The zero-order chi connectivity index (χ0) is 16.1. The molecule has 1 aliphatic rings. The van der Waals surface area contributed by atoms with Crippen molar-refractivity contribution in [3.05, 3.63) is 47.3 Å². The summed E-state index contributed by atoms with van der Waals surface area (Å²) in [5.41, 5.74) is -0.312. The van der Waals surface area contributed by atoms with Crippen molar-refractivity contribution in [2.24, 2.45) is 5.41 Å². The van der Waals surface area contributed by atoms with Crippen molar-refractivity contribution in [3.63, 3.8) is 0 Å². The molecule has 0 bridgehead atoms. The van der Waals surface area contributed by atoms with E-state index in [-0.39, 0.29) is 11.0 Å². The maximum Gasteiger partial charge on any atom is 0.435 e. The molecule has 0 fully saturated rings. The number of aliphatic hydroxyl groups is 1. The van der Waals surface area contributed by atoms with Gasteiger partial charge in [0.15, 0.2) is 5.69 Å². The van der Waals surface area contributed by atoms with E-state index in [9.17, 15) is 18.3 Å². The minimum Gasteiger partial charge on any atom is -0.388 e. The van der Waals surface area contributed by atoms with Gasteiger partial charge >= 0.3 is 6.18 Å². The van der Waals surface area contributed by atoms with E-state index in [4.69, 9.17) is 0 Å². The van der Waals surface area contributed by atoms with Crippen LogP contribution in [0.1, 0.15) is 43.3 Å². The summed E-state index contributed by atoms with van der Waals surface area (Å²) in [4.78, 5) is 0. The fourth-order valence-electron chi connectivity index (χ4n) is 3.13. The van der Waals surface area contributed by atoms with Gasteiger partial charge in [0.25, 0.3) is 0 Å². The third-order valence-corrected chi connectivity index (χ3v) is 4.02. The Morgan fingerprint density at radius 3 is 2.45 bits per heavy atom. The third kappa shape index (κ3) is 2.52. The predicted molar refractivity (Wildman–Crippen MR) is 75.6 cm³/mol. The van der Waals surface area contributed by atoms with Gasteiger partial charge < -0.3 is 5.11 Å². The highest BCUT2D eigenvalue weighted by Gasteiger charge is 2.45. The van der Waals surface area contributed by atoms with E-state index in [1.165, 1.54) is 4.68 Å². The summed E-state index contributed by atoms with van der Waals surface area (Å²) < 4.78 is 41.2. The van der Waals surface area contributed by atoms with Crippen LogP contribution in [0.4, 0.5) is 13.2 Å². The highest BCUT2D eigenvalue weighted by atomic mass is 19.4. The maximum absolute atomic E-state index is 13.3. The molecular formula is C16H17F3N2O. The fourth-order valence-corrected chi connectivity index (χ4v) is 3.13. The molecule has 22 heavy (non-hydrogen) atoms. The quantitative estimate of drug-likeness (QED) is 0.867. The lowest BCUT2D eigenvalue weighted by molar-refractivity contribution is -0.143. The van der Waals surface area contributed by atoms with Crippen LogP contribution in [0.5, 0.6) is 0 Å². The first-order valence-electron chi connectivity index (χ1n) is 7.11. The Kier molecular flexibility index (Phi) is 3.32. The molecule has 1 aromatic carbocycles. The highest BCUT2D eigenvalue weighted by molar-refractivity contribution is 5.41. The van der Waals surface area contributed by atoms with E-state index >= 15 is 0 Å². The Morgan fingerprint density at radius 1 is 1.23 bits per heavy atom. The number of nitrogens with zero attached hydrogens (tertiary/aromatic N) is 2. The summed E-state index contributed by atoms with van der Waals surface area (Å²) in [6, 6.07) is 8.72. The molecule has 1 unspecified atom stereocenters. The van der Waals surface area contributed by atoms with Gasteiger partial charge in [0.2, 0.25) is 0 Å². The molecule has 0 radical (unpaired) electrons. The third-order valence-electron chi connectivity index (χ3n) is 4.02. The smallest absolute Gasteiger partial charge is 0.388 e. The van der Waals surface area contributed by atoms with Crippen LogP contribution in [-0.2, 0) is 12.6 Å². The lowest BCUT2D eigenvalue weighted by atomic mass is 9.74. The number of rotatable bonds is 1. The second-order valence-electron chi connectivity index (χ2n) is 6.51. The van der Waals surface area contributed by atoms with E-state index in [2.05, 4.69) is 5.10 Å². The van der Waals surface area contributed by atoms with Gasteiger partial charge in [-0.25, -0.2) is 4.68 Å².